The van der Waals surface area contributed by atoms with Gasteiger partial charge in [0.25, 0.3) is 0 Å². The second-order valence-electron chi connectivity index (χ2n) is 2.63. The minimum Gasteiger partial charge on any atom is -0.359 e. The van der Waals surface area contributed by atoms with Crippen LogP contribution in [-0.4, -0.2) is 18.4 Å². The monoisotopic (exact) mass is 314 g/mol. The van der Waals surface area contributed by atoms with E-state index in [1.54, 1.807) is 0 Å². The molecule has 5 heteroatoms. The fraction of sp³-hybridized carbons (Fsp3) is 0.500. The molecule has 0 saturated heterocycles. The van der Waals surface area contributed by atoms with Gasteiger partial charge in [0, 0.05) is 18.0 Å². The summed E-state index contributed by atoms with van der Waals surface area (Å²) in [7, 11) is 1.52. The zero-order valence-electron chi connectivity index (χ0n) is 7.02. The molecular formula is C8H9Br2FO2. The Morgan fingerprint density at radius 2 is 2.38 bits per heavy atom. The number of allylic oxidation sites excluding steroid dienone is 2. The third-order valence-corrected chi connectivity index (χ3v) is 2.72. The van der Waals surface area contributed by atoms with E-state index in [0.717, 1.165) is 4.48 Å². The second kappa shape index (κ2) is 4.68. The van der Waals surface area contributed by atoms with Crippen molar-refractivity contribution >= 4 is 31.9 Å². The first-order chi connectivity index (χ1) is 6.06. The molecule has 0 aromatic rings. The molecule has 1 aliphatic carbocycles. The van der Waals surface area contributed by atoms with Gasteiger partial charge in [-0.25, -0.2) is 4.39 Å². The molecule has 0 bridgehead atoms. The van der Waals surface area contributed by atoms with Crippen molar-refractivity contribution < 1.29 is 13.9 Å². The van der Waals surface area contributed by atoms with Crippen LogP contribution in [0, 0.1) is 0 Å². The van der Waals surface area contributed by atoms with E-state index in [2.05, 4.69) is 31.9 Å². The quantitative estimate of drug-likeness (QED) is 0.588. The highest BCUT2D eigenvalue weighted by atomic mass is 79.9. The summed E-state index contributed by atoms with van der Waals surface area (Å²) in [5.41, 5.74) is 0. The molecule has 0 heterocycles. The van der Waals surface area contributed by atoms with Gasteiger partial charge in [0.1, 0.15) is 12.6 Å². The van der Waals surface area contributed by atoms with E-state index >= 15 is 0 Å². The number of rotatable bonds is 3. The Morgan fingerprint density at radius 1 is 1.69 bits per heavy atom. The van der Waals surface area contributed by atoms with Crippen LogP contribution in [0.4, 0.5) is 4.39 Å². The van der Waals surface area contributed by atoms with Gasteiger partial charge < -0.3 is 9.47 Å². The van der Waals surface area contributed by atoms with E-state index in [1.165, 1.54) is 19.3 Å². The molecule has 0 amide bonds. The predicted octanol–water partition coefficient (Wildman–Crippen LogP) is 3.23. The van der Waals surface area contributed by atoms with Crippen LogP contribution in [0.1, 0.15) is 6.42 Å². The van der Waals surface area contributed by atoms with Gasteiger partial charge in [-0.3, -0.25) is 0 Å². The SMILES string of the molecule is COCOC1(Br)C=C(F)C=C(Br)C1. The standard InChI is InChI=1S/C8H9Br2FO2/c1-12-5-13-8(10)3-6(9)2-7(11)4-8/h2,4H,3,5H2,1H3. The smallest absolute Gasteiger partial charge is 0.151 e. The minimum atomic E-state index is -0.791. The summed E-state index contributed by atoms with van der Waals surface area (Å²) in [6.45, 7) is 0.120. The van der Waals surface area contributed by atoms with Gasteiger partial charge in [0.2, 0.25) is 0 Å². The molecule has 0 saturated carbocycles. The zero-order chi connectivity index (χ0) is 9.90. The van der Waals surface area contributed by atoms with E-state index in [0.29, 0.717) is 6.42 Å². The number of hydrogen-bond acceptors (Lipinski definition) is 2. The molecule has 0 N–H and O–H groups in total. The van der Waals surface area contributed by atoms with Crippen molar-refractivity contribution in [3.63, 3.8) is 0 Å². The van der Waals surface area contributed by atoms with Crippen molar-refractivity contribution in [2.75, 3.05) is 13.9 Å². The molecule has 0 aromatic heterocycles. The lowest BCUT2D eigenvalue weighted by Gasteiger charge is -2.26. The number of hydrogen-bond donors (Lipinski definition) is 0. The van der Waals surface area contributed by atoms with Gasteiger partial charge in [-0.05, 0) is 28.1 Å². The molecule has 2 nitrogen and oxygen atoms in total. The molecule has 0 aliphatic heterocycles. The molecule has 0 spiro atoms. The number of alkyl halides is 1. The molecule has 0 aromatic carbocycles. The molecule has 13 heavy (non-hydrogen) atoms. The first-order valence-electron chi connectivity index (χ1n) is 3.62. The van der Waals surface area contributed by atoms with Gasteiger partial charge >= 0.3 is 0 Å². The maximum Gasteiger partial charge on any atom is 0.151 e. The van der Waals surface area contributed by atoms with Crippen LogP contribution < -0.4 is 0 Å². The summed E-state index contributed by atoms with van der Waals surface area (Å²) in [6.07, 6.45) is 3.33. The molecule has 1 aliphatic rings. The van der Waals surface area contributed by atoms with Crippen LogP contribution in [0.5, 0.6) is 0 Å². The van der Waals surface area contributed by atoms with E-state index < -0.39 is 4.51 Å². The largest absolute Gasteiger partial charge is 0.359 e. The van der Waals surface area contributed by atoms with Crippen molar-refractivity contribution in [1.29, 1.82) is 0 Å². The number of methoxy groups -OCH3 is 1. The summed E-state index contributed by atoms with van der Waals surface area (Å²) in [6, 6.07) is 0. The van der Waals surface area contributed by atoms with E-state index in [9.17, 15) is 4.39 Å². The van der Waals surface area contributed by atoms with Crippen molar-refractivity contribution in [2.24, 2.45) is 0 Å². The maximum absolute atomic E-state index is 13.0. The van der Waals surface area contributed by atoms with Crippen LogP contribution in [0.25, 0.3) is 0 Å². The third-order valence-electron chi connectivity index (χ3n) is 1.47. The molecule has 74 valence electrons. The second-order valence-corrected chi connectivity index (χ2v) is 5.00. The van der Waals surface area contributed by atoms with Gasteiger partial charge in [-0.2, -0.15) is 0 Å². The minimum absolute atomic E-state index is 0.120. The van der Waals surface area contributed by atoms with E-state index in [1.807, 2.05) is 0 Å². The van der Waals surface area contributed by atoms with Gasteiger partial charge in [0.15, 0.2) is 4.51 Å². The molecule has 0 radical (unpaired) electrons. The van der Waals surface area contributed by atoms with Crippen molar-refractivity contribution in [2.45, 2.75) is 10.9 Å². The van der Waals surface area contributed by atoms with Crippen LogP contribution in [-0.2, 0) is 9.47 Å². The predicted molar refractivity (Wildman–Crippen MR) is 55.4 cm³/mol. The molecule has 1 atom stereocenters. The Kier molecular flexibility index (Phi) is 4.09. The summed E-state index contributed by atoms with van der Waals surface area (Å²) in [5, 5.41) is 0. The topological polar surface area (TPSA) is 18.5 Å². The van der Waals surface area contributed by atoms with E-state index in [4.69, 9.17) is 9.47 Å². The Hall–Kier alpha value is 0.290. The Bertz CT molecular complexity index is 253. The lowest BCUT2D eigenvalue weighted by atomic mass is 10.1. The Labute approximate surface area is 93.0 Å². The molecule has 1 rings (SSSR count). The fourth-order valence-electron chi connectivity index (χ4n) is 0.979. The van der Waals surface area contributed by atoms with Crippen molar-refractivity contribution in [3.8, 4) is 0 Å². The lowest BCUT2D eigenvalue weighted by molar-refractivity contribution is -0.0663. The summed E-state index contributed by atoms with van der Waals surface area (Å²) < 4.78 is 22.9. The van der Waals surface area contributed by atoms with Gasteiger partial charge in [0.05, 0.1) is 0 Å². The Balaban J connectivity index is 2.66. The molecular weight excluding hydrogens is 307 g/mol. The van der Waals surface area contributed by atoms with Gasteiger partial charge in [-0.1, -0.05) is 15.9 Å². The summed E-state index contributed by atoms with van der Waals surface area (Å²) in [5.74, 6) is -0.328. The van der Waals surface area contributed by atoms with E-state index in [-0.39, 0.29) is 12.6 Å². The van der Waals surface area contributed by atoms with Crippen LogP contribution >= 0.6 is 31.9 Å². The third kappa shape index (κ3) is 3.50. The first-order valence-corrected chi connectivity index (χ1v) is 5.20. The normalized spacial score (nSPS) is 28.3. The maximum atomic E-state index is 13.0. The average molecular weight is 316 g/mol. The number of halogens is 3. The van der Waals surface area contributed by atoms with Crippen LogP contribution in [0.15, 0.2) is 22.5 Å². The summed E-state index contributed by atoms with van der Waals surface area (Å²) >= 11 is 6.51. The highest BCUT2D eigenvalue weighted by Crippen LogP contribution is 2.37. The van der Waals surface area contributed by atoms with Crippen molar-refractivity contribution in [3.05, 3.63) is 22.5 Å². The average Bonchev–Trinajstić information content (AvgIpc) is 1.98. The highest BCUT2D eigenvalue weighted by Gasteiger charge is 2.29. The highest BCUT2D eigenvalue weighted by molar-refractivity contribution is 9.12. The first kappa shape index (κ1) is 11.4. The van der Waals surface area contributed by atoms with Crippen molar-refractivity contribution in [1.82, 2.24) is 0 Å². The Morgan fingerprint density at radius 3 is 2.92 bits per heavy atom. The van der Waals surface area contributed by atoms with Gasteiger partial charge in [-0.15, -0.1) is 0 Å². The number of ether oxygens (including phenoxy) is 2. The molecule has 1 unspecified atom stereocenters. The summed E-state index contributed by atoms with van der Waals surface area (Å²) in [4.78, 5) is 0. The van der Waals surface area contributed by atoms with Crippen LogP contribution in [0.3, 0.4) is 0 Å². The molecule has 0 fully saturated rings. The zero-order valence-corrected chi connectivity index (χ0v) is 10.2. The fourth-order valence-corrected chi connectivity index (χ4v) is 2.60. The van der Waals surface area contributed by atoms with Crippen LogP contribution in [0.2, 0.25) is 0 Å². The lowest BCUT2D eigenvalue weighted by Crippen LogP contribution is -2.25.